The third kappa shape index (κ3) is 5.56. The highest BCUT2D eigenvalue weighted by Crippen LogP contribution is 2.05. The molecular weight excluding hydrogens is 182 g/mol. The maximum atomic E-state index is 11.1. The van der Waals surface area contributed by atoms with Gasteiger partial charge in [-0.25, -0.2) is 4.79 Å². The largest absolute Gasteiger partial charge is 0.450 e. The van der Waals surface area contributed by atoms with Crippen LogP contribution in [0.3, 0.4) is 0 Å². The summed E-state index contributed by atoms with van der Waals surface area (Å²) in [6.45, 7) is 7.52. The number of hydrogen-bond donors (Lipinski definition) is 1. The topological polar surface area (TPSA) is 55.4 Å². The molecule has 0 spiro atoms. The Morgan fingerprint density at radius 1 is 1.36 bits per heavy atom. The van der Waals surface area contributed by atoms with E-state index < -0.39 is 12.1 Å². The van der Waals surface area contributed by atoms with Crippen LogP contribution in [0.5, 0.6) is 0 Å². The molecule has 0 aliphatic carbocycles. The molecule has 0 aromatic carbocycles. The zero-order chi connectivity index (χ0) is 11.1. The zero-order valence-corrected chi connectivity index (χ0v) is 9.29. The zero-order valence-electron chi connectivity index (χ0n) is 9.29. The Morgan fingerprint density at radius 3 is 2.29 bits per heavy atom. The van der Waals surface area contributed by atoms with Gasteiger partial charge in [-0.05, 0) is 26.2 Å². The van der Waals surface area contributed by atoms with Crippen LogP contribution in [0.2, 0.25) is 0 Å². The van der Waals surface area contributed by atoms with E-state index in [4.69, 9.17) is 4.74 Å². The van der Waals surface area contributed by atoms with Crippen LogP contribution in [0.15, 0.2) is 0 Å². The molecule has 4 heteroatoms. The van der Waals surface area contributed by atoms with Gasteiger partial charge in [-0.15, -0.1) is 0 Å². The van der Waals surface area contributed by atoms with Gasteiger partial charge in [0.2, 0.25) is 0 Å². The summed E-state index contributed by atoms with van der Waals surface area (Å²) in [5.74, 6) is 0.331. The first-order chi connectivity index (χ1) is 6.47. The normalized spacial score (nSPS) is 12.4. The lowest BCUT2D eigenvalue weighted by Gasteiger charge is -2.17. The molecule has 0 aliphatic heterocycles. The Morgan fingerprint density at radius 2 is 1.93 bits per heavy atom. The first-order valence-electron chi connectivity index (χ1n) is 4.91. The van der Waals surface area contributed by atoms with E-state index in [0.29, 0.717) is 18.9 Å². The second-order valence-corrected chi connectivity index (χ2v) is 3.66. The van der Waals surface area contributed by atoms with E-state index in [-0.39, 0.29) is 5.78 Å². The van der Waals surface area contributed by atoms with Gasteiger partial charge in [0, 0.05) is 0 Å². The molecule has 0 saturated carbocycles. The second-order valence-electron chi connectivity index (χ2n) is 3.66. The Labute approximate surface area is 85.0 Å². The van der Waals surface area contributed by atoms with E-state index in [9.17, 15) is 9.59 Å². The molecular formula is C10H19NO3. The first-order valence-corrected chi connectivity index (χ1v) is 4.91. The summed E-state index contributed by atoms with van der Waals surface area (Å²) < 4.78 is 4.70. The van der Waals surface area contributed by atoms with Crippen molar-refractivity contribution in [1.82, 2.24) is 5.32 Å². The number of ether oxygens (including phenoxy) is 1. The number of amides is 1. The van der Waals surface area contributed by atoms with Crippen LogP contribution in [0, 0.1) is 5.92 Å². The van der Waals surface area contributed by atoms with Crippen molar-refractivity contribution in [2.45, 2.75) is 40.2 Å². The number of carbonyl (C=O) groups excluding carboxylic acids is 2. The fraction of sp³-hybridized carbons (Fsp3) is 0.800. The lowest BCUT2D eigenvalue weighted by molar-refractivity contribution is -0.119. The summed E-state index contributed by atoms with van der Waals surface area (Å²) in [6, 6.07) is -0.422. The lowest BCUT2D eigenvalue weighted by Crippen LogP contribution is -2.40. The maximum absolute atomic E-state index is 11.1. The minimum absolute atomic E-state index is 0.0354. The number of nitrogens with one attached hydrogen (secondary N) is 1. The van der Waals surface area contributed by atoms with Crippen LogP contribution in [0.4, 0.5) is 4.79 Å². The molecule has 0 radical (unpaired) electrons. The summed E-state index contributed by atoms with van der Waals surface area (Å²) in [6.07, 6.45) is 0.127. The van der Waals surface area contributed by atoms with Crippen LogP contribution < -0.4 is 5.32 Å². The van der Waals surface area contributed by atoms with Crippen molar-refractivity contribution in [3.8, 4) is 0 Å². The van der Waals surface area contributed by atoms with Crippen LogP contribution in [-0.4, -0.2) is 24.5 Å². The third-order valence-corrected chi connectivity index (χ3v) is 1.77. The highest BCUT2D eigenvalue weighted by atomic mass is 16.5. The second kappa shape index (κ2) is 6.40. The Kier molecular flexibility index (Phi) is 5.92. The van der Waals surface area contributed by atoms with Gasteiger partial charge in [-0.3, -0.25) is 4.79 Å². The molecule has 0 aliphatic rings. The van der Waals surface area contributed by atoms with Crippen LogP contribution in [-0.2, 0) is 9.53 Å². The van der Waals surface area contributed by atoms with Crippen molar-refractivity contribution in [2.75, 3.05) is 6.61 Å². The van der Waals surface area contributed by atoms with E-state index in [0.717, 1.165) is 0 Å². The molecule has 1 amide bonds. The summed E-state index contributed by atoms with van der Waals surface area (Å²) in [7, 11) is 0. The molecule has 0 saturated heterocycles. The van der Waals surface area contributed by atoms with E-state index in [1.165, 1.54) is 6.92 Å². The summed E-state index contributed by atoms with van der Waals surface area (Å²) >= 11 is 0. The summed E-state index contributed by atoms with van der Waals surface area (Å²) in [5.41, 5.74) is 0. The maximum Gasteiger partial charge on any atom is 0.407 e. The molecule has 0 rings (SSSR count). The van der Waals surface area contributed by atoms with Gasteiger partial charge in [0.25, 0.3) is 0 Å². The Hall–Kier alpha value is -1.06. The molecule has 0 heterocycles. The predicted molar refractivity (Wildman–Crippen MR) is 54.1 cm³/mol. The highest BCUT2D eigenvalue weighted by molar-refractivity contribution is 5.85. The molecule has 1 N–H and O–H groups in total. The van der Waals surface area contributed by atoms with Crippen LogP contribution in [0.25, 0.3) is 0 Å². The summed E-state index contributed by atoms with van der Waals surface area (Å²) in [5, 5.41) is 2.54. The van der Waals surface area contributed by atoms with E-state index >= 15 is 0 Å². The number of rotatable bonds is 5. The van der Waals surface area contributed by atoms with E-state index in [1.54, 1.807) is 6.92 Å². The van der Waals surface area contributed by atoms with Gasteiger partial charge >= 0.3 is 6.09 Å². The molecule has 4 nitrogen and oxygen atoms in total. The van der Waals surface area contributed by atoms with Crippen LogP contribution >= 0.6 is 0 Å². The van der Waals surface area contributed by atoms with Gasteiger partial charge < -0.3 is 10.1 Å². The predicted octanol–water partition coefficient (Wildman–Crippen LogP) is 1.74. The van der Waals surface area contributed by atoms with Crippen molar-refractivity contribution in [3.05, 3.63) is 0 Å². The number of Topliss-reactive ketones (excluding diaryl/α,β-unsaturated/α-hetero) is 1. The van der Waals surface area contributed by atoms with Crippen molar-refractivity contribution >= 4 is 11.9 Å². The SMILES string of the molecule is CCOC(=O)NC(CC(C)C)C(C)=O. The smallest absolute Gasteiger partial charge is 0.407 e. The minimum Gasteiger partial charge on any atom is -0.450 e. The molecule has 14 heavy (non-hydrogen) atoms. The lowest BCUT2D eigenvalue weighted by atomic mass is 10.0. The third-order valence-electron chi connectivity index (χ3n) is 1.77. The van der Waals surface area contributed by atoms with Gasteiger partial charge in [0.1, 0.15) is 0 Å². The number of ketones is 1. The molecule has 82 valence electrons. The monoisotopic (exact) mass is 201 g/mol. The van der Waals surface area contributed by atoms with E-state index in [1.807, 2.05) is 13.8 Å². The number of carbonyl (C=O) groups is 2. The van der Waals surface area contributed by atoms with Crippen LogP contribution in [0.1, 0.15) is 34.1 Å². The van der Waals surface area contributed by atoms with Gasteiger partial charge in [-0.1, -0.05) is 13.8 Å². The highest BCUT2D eigenvalue weighted by Gasteiger charge is 2.18. The Balaban J connectivity index is 4.09. The molecule has 0 aromatic rings. The number of alkyl carbamates (subject to hydrolysis) is 1. The fourth-order valence-corrected chi connectivity index (χ4v) is 1.11. The number of hydrogen-bond acceptors (Lipinski definition) is 3. The molecule has 0 bridgehead atoms. The minimum atomic E-state index is -0.520. The van der Waals surface area contributed by atoms with Crippen molar-refractivity contribution in [3.63, 3.8) is 0 Å². The molecule has 0 aromatic heterocycles. The average molecular weight is 201 g/mol. The average Bonchev–Trinajstić information content (AvgIpc) is 2.02. The molecule has 0 fully saturated rings. The first kappa shape index (κ1) is 12.9. The summed E-state index contributed by atoms with van der Waals surface area (Å²) in [4.78, 5) is 22.2. The van der Waals surface area contributed by atoms with Gasteiger partial charge in [0.05, 0.1) is 12.6 Å². The van der Waals surface area contributed by atoms with Crippen molar-refractivity contribution in [1.29, 1.82) is 0 Å². The molecule has 1 atom stereocenters. The fourth-order valence-electron chi connectivity index (χ4n) is 1.11. The Bertz CT molecular complexity index is 202. The van der Waals surface area contributed by atoms with Crippen molar-refractivity contribution < 1.29 is 14.3 Å². The quantitative estimate of drug-likeness (QED) is 0.737. The van der Waals surface area contributed by atoms with E-state index in [2.05, 4.69) is 5.32 Å². The van der Waals surface area contributed by atoms with Gasteiger partial charge in [-0.2, -0.15) is 0 Å². The standard InChI is InChI=1S/C10H19NO3/c1-5-14-10(13)11-9(8(4)12)6-7(2)3/h7,9H,5-6H2,1-4H3,(H,11,13). The van der Waals surface area contributed by atoms with Crippen molar-refractivity contribution in [2.24, 2.45) is 5.92 Å². The van der Waals surface area contributed by atoms with Gasteiger partial charge in [0.15, 0.2) is 5.78 Å². The molecule has 1 unspecified atom stereocenters.